The fraction of sp³-hybridized carbons (Fsp3) is 0.618. The standard InChI is InChI=1S/C34H53N3O6S/c1-2-3-4-5-6-7-8-9-10-11-12-13-14-15-16-19-26-43-34(39)30-21-17-18-22-31(30)36-37-32-24-23-29(38)28-33(32)35-25-20-27-44(40,41)42/h17-18,21-24,28,35,38H,2-16,19-20,25-27H2,1H3,(H,40,41,42)/b37-36+. The fourth-order valence-electron chi connectivity index (χ4n) is 4.96. The summed E-state index contributed by atoms with van der Waals surface area (Å²) in [4.78, 5) is 12.8. The highest BCUT2D eigenvalue weighted by molar-refractivity contribution is 7.85. The molecule has 0 unspecified atom stereocenters. The van der Waals surface area contributed by atoms with Crippen LogP contribution in [0.4, 0.5) is 17.1 Å². The molecule has 2 aromatic carbocycles. The summed E-state index contributed by atoms with van der Waals surface area (Å²) in [6.45, 7) is 2.85. The number of phenols is 1. The number of nitrogens with zero attached hydrogens (tertiary/aromatic N) is 2. The van der Waals surface area contributed by atoms with E-state index in [4.69, 9.17) is 9.29 Å². The molecule has 0 radical (unpaired) electrons. The molecule has 0 heterocycles. The number of rotatable bonds is 25. The van der Waals surface area contributed by atoms with Gasteiger partial charge >= 0.3 is 5.97 Å². The van der Waals surface area contributed by atoms with Crippen molar-refractivity contribution in [2.24, 2.45) is 10.2 Å². The summed E-state index contributed by atoms with van der Waals surface area (Å²) < 4.78 is 36.3. The first-order valence-electron chi connectivity index (χ1n) is 16.5. The van der Waals surface area contributed by atoms with E-state index in [0.29, 0.717) is 29.2 Å². The maximum atomic E-state index is 12.8. The van der Waals surface area contributed by atoms with E-state index < -0.39 is 16.1 Å². The minimum Gasteiger partial charge on any atom is -0.508 e. The summed E-state index contributed by atoms with van der Waals surface area (Å²) >= 11 is 0. The molecule has 0 bridgehead atoms. The maximum Gasteiger partial charge on any atom is 0.340 e. The van der Waals surface area contributed by atoms with E-state index in [9.17, 15) is 18.3 Å². The Morgan fingerprint density at radius 2 is 1.30 bits per heavy atom. The molecule has 9 nitrogen and oxygen atoms in total. The number of hydrogen-bond acceptors (Lipinski definition) is 8. The van der Waals surface area contributed by atoms with E-state index in [1.807, 2.05) is 0 Å². The van der Waals surface area contributed by atoms with Gasteiger partial charge < -0.3 is 15.2 Å². The van der Waals surface area contributed by atoms with Crippen molar-refractivity contribution in [3.8, 4) is 5.75 Å². The smallest absolute Gasteiger partial charge is 0.340 e. The van der Waals surface area contributed by atoms with Crippen LogP contribution in [0.25, 0.3) is 0 Å². The average molecular weight is 632 g/mol. The van der Waals surface area contributed by atoms with Gasteiger partial charge in [0.15, 0.2) is 0 Å². The van der Waals surface area contributed by atoms with Crippen molar-refractivity contribution >= 4 is 33.1 Å². The largest absolute Gasteiger partial charge is 0.508 e. The van der Waals surface area contributed by atoms with Crippen LogP contribution in [0.2, 0.25) is 0 Å². The summed E-state index contributed by atoms with van der Waals surface area (Å²) in [7, 11) is -4.05. The third-order valence-corrected chi connectivity index (χ3v) is 8.30. The van der Waals surface area contributed by atoms with Crippen molar-refractivity contribution < 1.29 is 27.6 Å². The van der Waals surface area contributed by atoms with Gasteiger partial charge in [-0.2, -0.15) is 8.42 Å². The van der Waals surface area contributed by atoms with Gasteiger partial charge in [-0.05, 0) is 37.1 Å². The summed E-state index contributed by atoms with van der Waals surface area (Å²) in [6, 6.07) is 11.3. The molecule has 0 aliphatic heterocycles. The van der Waals surface area contributed by atoms with Crippen molar-refractivity contribution in [1.82, 2.24) is 0 Å². The van der Waals surface area contributed by atoms with Crippen LogP contribution in [0.15, 0.2) is 52.7 Å². The first-order valence-corrected chi connectivity index (χ1v) is 18.1. The van der Waals surface area contributed by atoms with Gasteiger partial charge in [-0.1, -0.05) is 115 Å². The zero-order valence-corrected chi connectivity index (χ0v) is 27.3. The van der Waals surface area contributed by atoms with Gasteiger partial charge in [-0.25, -0.2) is 4.79 Å². The Labute approximate surface area is 264 Å². The van der Waals surface area contributed by atoms with Crippen LogP contribution in [0, 0.1) is 0 Å². The van der Waals surface area contributed by atoms with Crippen LogP contribution < -0.4 is 5.32 Å². The van der Waals surface area contributed by atoms with E-state index in [1.165, 1.54) is 95.6 Å². The molecule has 3 N–H and O–H groups in total. The van der Waals surface area contributed by atoms with Gasteiger partial charge in [0, 0.05) is 12.6 Å². The Bertz CT molecular complexity index is 1220. The molecule has 0 saturated carbocycles. The molecule has 2 aromatic rings. The number of hydrogen-bond donors (Lipinski definition) is 3. The summed E-state index contributed by atoms with van der Waals surface area (Å²) in [5.41, 5.74) is 1.50. The second-order valence-electron chi connectivity index (χ2n) is 11.4. The second-order valence-corrected chi connectivity index (χ2v) is 13.0. The number of nitrogens with one attached hydrogen (secondary N) is 1. The van der Waals surface area contributed by atoms with Gasteiger partial charge in [0.2, 0.25) is 0 Å². The third-order valence-electron chi connectivity index (χ3n) is 7.50. The van der Waals surface area contributed by atoms with Crippen molar-refractivity contribution in [2.75, 3.05) is 24.2 Å². The molecule has 0 aliphatic rings. The molecule has 0 aromatic heterocycles. The lowest BCUT2D eigenvalue weighted by Gasteiger charge is -2.09. The van der Waals surface area contributed by atoms with Crippen LogP contribution in [-0.4, -0.2) is 43.0 Å². The Hall–Kier alpha value is -2.98. The molecule has 0 amide bonds. The Morgan fingerprint density at radius 3 is 1.89 bits per heavy atom. The predicted octanol–water partition coefficient (Wildman–Crippen LogP) is 9.92. The Balaban J connectivity index is 1.66. The minimum atomic E-state index is -4.05. The lowest BCUT2D eigenvalue weighted by Crippen LogP contribution is -2.10. The number of azo groups is 1. The molecule has 2 rings (SSSR count). The van der Waals surface area contributed by atoms with Gasteiger partial charge in [0.1, 0.15) is 17.1 Å². The van der Waals surface area contributed by atoms with Crippen molar-refractivity contribution in [3.63, 3.8) is 0 Å². The second kappa shape index (κ2) is 22.5. The van der Waals surface area contributed by atoms with E-state index in [2.05, 4.69) is 22.5 Å². The van der Waals surface area contributed by atoms with Gasteiger partial charge in [-0.15, -0.1) is 10.2 Å². The number of unbranched alkanes of at least 4 members (excludes halogenated alkanes) is 15. The highest BCUT2D eigenvalue weighted by atomic mass is 32.2. The molecule has 246 valence electrons. The molecule has 0 atom stereocenters. The van der Waals surface area contributed by atoms with Crippen LogP contribution in [0.1, 0.15) is 126 Å². The lowest BCUT2D eigenvalue weighted by molar-refractivity contribution is 0.0498. The Kier molecular flexibility index (Phi) is 19.0. The van der Waals surface area contributed by atoms with Crippen LogP contribution in [0.5, 0.6) is 5.75 Å². The fourth-order valence-corrected chi connectivity index (χ4v) is 5.47. The number of carbonyl (C=O) groups is 1. The highest BCUT2D eigenvalue weighted by Gasteiger charge is 2.13. The Morgan fingerprint density at radius 1 is 0.750 bits per heavy atom. The summed E-state index contributed by atoms with van der Waals surface area (Å²) in [6.07, 6.45) is 20.8. The SMILES string of the molecule is CCCCCCCCCCCCCCCCCCOC(=O)c1ccccc1/N=N/c1ccc(O)cc1NCCCS(=O)(=O)O. The number of aromatic hydroxyl groups is 1. The zero-order chi connectivity index (χ0) is 31.9. The first-order chi connectivity index (χ1) is 21.3. The maximum absolute atomic E-state index is 12.8. The molecule has 0 saturated heterocycles. The normalized spacial score (nSPS) is 11.7. The lowest BCUT2D eigenvalue weighted by atomic mass is 10.0. The quantitative estimate of drug-likeness (QED) is 0.0429. The van der Waals surface area contributed by atoms with Crippen LogP contribution in [0.3, 0.4) is 0 Å². The van der Waals surface area contributed by atoms with Gasteiger partial charge in [0.05, 0.1) is 23.6 Å². The van der Waals surface area contributed by atoms with Gasteiger partial charge in [-0.3, -0.25) is 4.55 Å². The molecular weight excluding hydrogens is 578 g/mol. The molecule has 10 heteroatoms. The predicted molar refractivity (Wildman–Crippen MR) is 178 cm³/mol. The van der Waals surface area contributed by atoms with E-state index in [-0.39, 0.29) is 24.5 Å². The van der Waals surface area contributed by atoms with E-state index in [1.54, 1.807) is 30.3 Å². The number of phenolic OH excluding ortho intramolecular Hbond substituents is 1. The monoisotopic (exact) mass is 631 g/mol. The summed E-state index contributed by atoms with van der Waals surface area (Å²) in [5, 5.41) is 21.3. The molecule has 44 heavy (non-hydrogen) atoms. The molecule has 0 aliphatic carbocycles. The highest BCUT2D eigenvalue weighted by Crippen LogP contribution is 2.31. The van der Waals surface area contributed by atoms with Crippen LogP contribution >= 0.6 is 0 Å². The van der Waals surface area contributed by atoms with Crippen molar-refractivity contribution in [2.45, 2.75) is 116 Å². The van der Waals surface area contributed by atoms with Crippen LogP contribution in [-0.2, 0) is 14.9 Å². The van der Waals surface area contributed by atoms with Gasteiger partial charge in [0.25, 0.3) is 10.1 Å². The number of ether oxygens (including phenoxy) is 1. The number of benzene rings is 2. The molecule has 0 fully saturated rings. The topological polar surface area (TPSA) is 138 Å². The minimum absolute atomic E-state index is 0.000656. The molecule has 0 spiro atoms. The van der Waals surface area contributed by atoms with E-state index in [0.717, 1.165) is 19.3 Å². The first kappa shape index (κ1) is 37.2. The van der Waals surface area contributed by atoms with E-state index >= 15 is 0 Å². The van der Waals surface area contributed by atoms with Crippen molar-refractivity contribution in [1.29, 1.82) is 0 Å². The third kappa shape index (κ3) is 17.3. The average Bonchev–Trinajstić information content (AvgIpc) is 3.00. The summed E-state index contributed by atoms with van der Waals surface area (Å²) in [5.74, 6) is -0.834. The molecular formula is C34H53N3O6S. The number of esters is 1. The zero-order valence-electron chi connectivity index (χ0n) is 26.5. The van der Waals surface area contributed by atoms with Crippen molar-refractivity contribution in [3.05, 3.63) is 48.0 Å². The number of carbonyl (C=O) groups excluding carboxylic acids is 1. The number of anilines is 1.